The Labute approximate surface area is 221 Å². The van der Waals surface area contributed by atoms with Gasteiger partial charge in [-0.25, -0.2) is 4.79 Å². The average molecular weight is 536 g/mol. The van der Waals surface area contributed by atoms with E-state index in [2.05, 4.69) is 17.1 Å². The topological polar surface area (TPSA) is 76.2 Å². The highest BCUT2D eigenvalue weighted by Crippen LogP contribution is 2.42. The van der Waals surface area contributed by atoms with Crippen LogP contribution in [0.1, 0.15) is 51.3 Å². The minimum Gasteiger partial charge on any atom is -0.338 e. The molecule has 3 aliphatic rings. The molecule has 0 saturated carbocycles. The Morgan fingerprint density at radius 1 is 1.05 bits per heavy atom. The molecule has 38 heavy (non-hydrogen) atoms. The predicted molar refractivity (Wildman–Crippen MR) is 136 cm³/mol. The van der Waals surface area contributed by atoms with E-state index in [4.69, 9.17) is 0 Å². The van der Waals surface area contributed by atoms with E-state index in [0.29, 0.717) is 25.2 Å². The minimum absolute atomic E-state index is 0.00182. The van der Waals surface area contributed by atoms with Gasteiger partial charge in [0, 0.05) is 32.7 Å². The van der Waals surface area contributed by atoms with Crippen LogP contribution >= 0.6 is 0 Å². The van der Waals surface area contributed by atoms with Crippen molar-refractivity contribution >= 4 is 17.8 Å². The van der Waals surface area contributed by atoms with E-state index in [-0.39, 0.29) is 36.1 Å². The summed E-state index contributed by atoms with van der Waals surface area (Å²) in [6, 6.07) is 2.38. The van der Waals surface area contributed by atoms with Crippen molar-refractivity contribution in [1.82, 2.24) is 24.9 Å². The maximum Gasteiger partial charge on any atom is 0.416 e. The SMILES string of the molecule is CCN1CCN(C(=O)[C@H](CC(C)C)N2CC3=C(C2=O)[C@H](c2ccccc2C(F)(F)F)NC(=O)N3CC)CC1. The Bertz CT molecular complexity index is 1110. The number of likely N-dealkylation sites (N-methyl/N-ethyl adjacent to an activating group) is 2. The number of hydrogen-bond acceptors (Lipinski definition) is 4. The second-order valence-electron chi connectivity index (χ2n) is 10.4. The summed E-state index contributed by atoms with van der Waals surface area (Å²) >= 11 is 0. The van der Waals surface area contributed by atoms with Crippen LogP contribution in [0.2, 0.25) is 0 Å². The fraction of sp³-hybridized carbons (Fsp3) is 0.593. The lowest BCUT2D eigenvalue weighted by molar-refractivity contribution is -0.145. The highest BCUT2D eigenvalue weighted by molar-refractivity contribution is 6.03. The van der Waals surface area contributed by atoms with E-state index in [0.717, 1.165) is 25.7 Å². The number of halogens is 3. The van der Waals surface area contributed by atoms with Gasteiger partial charge in [0.25, 0.3) is 5.91 Å². The monoisotopic (exact) mass is 535 g/mol. The molecule has 0 aromatic heterocycles. The molecular weight excluding hydrogens is 499 g/mol. The molecule has 4 rings (SSSR count). The zero-order valence-corrected chi connectivity index (χ0v) is 22.3. The van der Waals surface area contributed by atoms with Crippen molar-refractivity contribution < 1.29 is 27.6 Å². The lowest BCUT2D eigenvalue weighted by Gasteiger charge is -2.38. The van der Waals surface area contributed by atoms with E-state index in [1.165, 1.54) is 28.0 Å². The van der Waals surface area contributed by atoms with Crippen LogP contribution in [0.4, 0.5) is 18.0 Å². The van der Waals surface area contributed by atoms with Gasteiger partial charge in [-0.1, -0.05) is 39.0 Å². The third-order valence-electron chi connectivity index (χ3n) is 7.63. The van der Waals surface area contributed by atoms with Crippen LogP contribution in [-0.4, -0.2) is 89.3 Å². The molecule has 1 aromatic carbocycles. The lowest BCUT2D eigenvalue weighted by atomic mass is 9.91. The van der Waals surface area contributed by atoms with E-state index in [1.807, 2.05) is 13.8 Å². The molecule has 3 aliphatic heterocycles. The van der Waals surface area contributed by atoms with Crippen molar-refractivity contribution in [2.45, 2.75) is 52.4 Å². The molecule has 0 unspecified atom stereocenters. The van der Waals surface area contributed by atoms with Crippen LogP contribution in [0, 0.1) is 5.92 Å². The quantitative estimate of drug-likeness (QED) is 0.580. The minimum atomic E-state index is -4.66. The van der Waals surface area contributed by atoms with Crippen LogP contribution in [-0.2, 0) is 15.8 Å². The number of hydrogen-bond donors (Lipinski definition) is 1. The maximum atomic E-state index is 14.0. The number of rotatable bonds is 7. The Morgan fingerprint density at radius 3 is 2.29 bits per heavy atom. The highest BCUT2D eigenvalue weighted by atomic mass is 19.4. The third-order valence-corrected chi connectivity index (χ3v) is 7.63. The lowest BCUT2D eigenvalue weighted by Crippen LogP contribution is -2.55. The van der Waals surface area contributed by atoms with Crippen molar-refractivity contribution in [1.29, 1.82) is 0 Å². The van der Waals surface area contributed by atoms with Gasteiger partial charge in [0.15, 0.2) is 0 Å². The predicted octanol–water partition coefficient (Wildman–Crippen LogP) is 3.47. The number of urea groups is 1. The number of carbonyl (C=O) groups excluding carboxylic acids is 3. The van der Waals surface area contributed by atoms with E-state index in [9.17, 15) is 27.6 Å². The second kappa shape index (κ2) is 11.0. The summed E-state index contributed by atoms with van der Waals surface area (Å²) in [5.74, 6) is -0.570. The van der Waals surface area contributed by atoms with Gasteiger partial charge in [-0.3, -0.25) is 14.5 Å². The summed E-state index contributed by atoms with van der Waals surface area (Å²) in [4.78, 5) is 47.6. The van der Waals surface area contributed by atoms with Crippen molar-refractivity contribution in [2.24, 2.45) is 5.92 Å². The molecule has 0 radical (unpaired) electrons. The standard InChI is InChI=1S/C27H36F3N5O3/c1-5-32-11-13-33(14-12-32)24(36)20(15-17(3)4)35-16-21-22(25(35)37)23(31-26(38)34(21)6-2)18-9-7-8-10-19(18)27(28,29)30/h7-10,17,20,23H,5-6,11-16H2,1-4H3,(H,31,38)/t20-,23-/m0/s1. The summed E-state index contributed by atoms with van der Waals surface area (Å²) in [5.41, 5.74) is -0.632. The molecule has 0 spiro atoms. The first-order chi connectivity index (χ1) is 18.0. The van der Waals surface area contributed by atoms with Gasteiger partial charge in [-0.2, -0.15) is 13.2 Å². The van der Waals surface area contributed by atoms with E-state index in [1.54, 1.807) is 11.8 Å². The van der Waals surface area contributed by atoms with Gasteiger partial charge in [0.2, 0.25) is 5.91 Å². The Hall–Kier alpha value is -3.08. The summed E-state index contributed by atoms with van der Waals surface area (Å²) in [6.45, 7) is 11.5. The van der Waals surface area contributed by atoms with Gasteiger partial charge >= 0.3 is 12.2 Å². The van der Waals surface area contributed by atoms with E-state index >= 15 is 0 Å². The molecule has 0 aliphatic carbocycles. The van der Waals surface area contributed by atoms with Crippen LogP contribution in [0.3, 0.4) is 0 Å². The Balaban J connectivity index is 1.71. The second-order valence-corrected chi connectivity index (χ2v) is 10.4. The molecule has 11 heteroatoms. The smallest absolute Gasteiger partial charge is 0.338 e. The third kappa shape index (κ3) is 5.25. The zero-order chi connectivity index (χ0) is 27.8. The molecular formula is C27H36F3N5O3. The summed E-state index contributed by atoms with van der Waals surface area (Å²) in [5, 5.41) is 2.63. The number of piperazine rings is 1. The highest BCUT2D eigenvalue weighted by Gasteiger charge is 2.49. The Morgan fingerprint density at radius 2 is 1.71 bits per heavy atom. The molecule has 4 amide bonds. The van der Waals surface area contributed by atoms with Crippen LogP contribution in [0.25, 0.3) is 0 Å². The number of carbonyl (C=O) groups is 3. The fourth-order valence-corrected chi connectivity index (χ4v) is 5.64. The van der Waals surface area contributed by atoms with Crippen molar-refractivity contribution in [3.05, 3.63) is 46.7 Å². The van der Waals surface area contributed by atoms with Gasteiger partial charge < -0.3 is 20.0 Å². The fourth-order valence-electron chi connectivity index (χ4n) is 5.64. The molecule has 1 N–H and O–H groups in total. The molecule has 0 bridgehead atoms. The number of amides is 4. The van der Waals surface area contributed by atoms with Crippen LogP contribution < -0.4 is 5.32 Å². The van der Waals surface area contributed by atoms with Gasteiger partial charge in [-0.15, -0.1) is 0 Å². The molecule has 8 nitrogen and oxygen atoms in total. The number of benzene rings is 1. The molecule has 1 aromatic rings. The van der Waals surface area contributed by atoms with Gasteiger partial charge in [0.1, 0.15) is 6.04 Å². The summed E-state index contributed by atoms with van der Waals surface area (Å²) < 4.78 is 41.7. The largest absolute Gasteiger partial charge is 0.416 e. The summed E-state index contributed by atoms with van der Waals surface area (Å²) in [6.07, 6.45) is -4.25. The number of nitrogens with one attached hydrogen (secondary N) is 1. The molecule has 208 valence electrons. The van der Waals surface area contributed by atoms with Crippen LogP contribution in [0.15, 0.2) is 35.5 Å². The molecule has 2 atom stereocenters. The first-order valence-electron chi connectivity index (χ1n) is 13.3. The van der Waals surface area contributed by atoms with Crippen LogP contribution in [0.5, 0.6) is 0 Å². The van der Waals surface area contributed by atoms with E-state index < -0.39 is 35.8 Å². The zero-order valence-electron chi connectivity index (χ0n) is 22.3. The average Bonchev–Trinajstić information content (AvgIpc) is 3.22. The van der Waals surface area contributed by atoms with Crippen molar-refractivity contribution in [2.75, 3.05) is 45.8 Å². The maximum absolute atomic E-state index is 14.0. The number of alkyl halides is 3. The normalized spacial score (nSPS) is 21.8. The molecule has 1 fully saturated rings. The van der Waals surface area contributed by atoms with Gasteiger partial charge in [0.05, 0.1) is 29.4 Å². The molecule has 3 heterocycles. The van der Waals surface area contributed by atoms with Crippen molar-refractivity contribution in [3.63, 3.8) is 0 Å². The molecule has 1 saturated heterocycles. The Kier molecular flexibility index (Phi) is 8.06. The first-order valence-corrected chi connectivity index (χ1v) is 13.3. The summed E-state index contributed by atoms with van der Waals surface area (Å²) in [7, 11) is 0. The van der Waals surface area contributed by atoms with Crippen molar-refractivity contribution in [3.8, 4) is 0 Å². The first kappa shape index (κ1) is 27.9. The van der Waals surface area contributed by atoms with Gasteiger partial charge in [-0.05, 0) is 37.4 Å². The number of nitrogens with zero attached hydrogens (tertiary/aromatic N) is 4.